The van der Waals surface area contributed by atoms with Crippen molar-refractivity contribution in [3.63, 3.8) is 0 Å². The third kappa shape index (κ3) is 2.35. The van der Waals surface area contributed by atoms with Crippen LogP contribution in [-0.4, -0.2) is 35.2 Å². The molecule has 3 rings (SSSR count). The molecule has 2 aliphatic rings. The molecule has 0 amide bonds. The lowest BCUT2D eigenvalue weighted by molar-refractivity contribution is -0.106. The van der Waals surface area contributed by atoms with E-state index in [0.717, 1.165) is 31.8 Å². The maximum atomic E-state index is 6.04. The Hall–Kier alpha value is -1.13. The smallest absolute Gasteiger partial charge is 0.127 e. The zero-order valence-corrected chi connectivity index (χ0v) is 10.8. The van der Waals surface area contributed by atoms with E-state index in [1.807, 2.05) is 6.07 Å². The molecule has 2 N–H and O–H groups in total. The monoisotopic (exact) mass is 247 g/mol. The summed E-state index contributed by atoms with van der Waals surface area (Å²) in [6, 6.07) is 4.02. The van der Waals surface area contributed by atoms with Crippen LogP contribution in [0.15, 0.2) is 18.3 Å². The Labute approximate surface area is 108 Å². The van der Waals surface area contributed by atoms with Crippen molar-refractivity contribution in [2.75, 3.05) is 25.4 Å². The Morgan fingerprint density at radius 3 is 3.00 bits per heavy atom. The molecule has 4 heteroatoms. The van der Waals surface area contributed by atoms with Crippen molar-refractivity contribution in [3.8, 4) is 0 Å². The van der Waals surface area contributed by atoms with Gasteiger partial charge in [0.25, 0.3) is 0 Å². The summed E-state index contributed by atoms with van der Waals surface area (Å²) in [7, 11) is 0. The van der Waals surface area contributed by atoms with Crippen LogP contribution >= 0.6 is 0 Å². The molecule has 98 valence electrons. The number of nitrogens with zero attached hydrogens (tertiary/aromatic N) is 2. The van der Waals surface area contributed by atoms with Crippen LogP contribution in [-0.2, 0) is 11.3 Å². The second-order valence-corrected chi connectivity index (χ2v) is 5.50. The van der Waals surface area contributed by atoms with Crippen molar-refractivity contribution in [1.29, 1.82) is 0 Å². The van der Waals surface area contributed by atoms with Crippen LogP contribution in [0.3, 0.4) is 0 Å². The first kappa shape index (κ1) is 11.9. The van der Waals surface area contributed by atoms with E-state index in [4.69, 9.17) is 10.5 Å². The van der Waals surface area contributed by atoms with Crippen LogP contribution in [0.25, 0.3) is 0 Å². The van der Waals surface area contributed by atoms with Crippen molar-refractivity contribution >= 4 is 5.82 Å². The molecule has 1 aliphatic carbocycles. The van der Waals surface area contributed by atoms with Gasteiger partial charge in [-0.2, -0.15) is 0 Å². The molecule has 4 nitrogen and oxygen atoms in total. The molecular weight excluding hydrogens is 226 g/mol. The summed E-state index contributed by atoms with van der Waals surface area (Å²) in [5.74, 6) is 0.657. The van der Waals surface area contributed by atoms with E-state index in [0.29, 0.717) is 5.82 Å². The van der Waals surface area contributed by atoms with Gasteiger partial charge in [0, 0.05) is 31.4 Å². The first-order valence-electron chi connectivity index (χ1n) is 6.83. The number of aromatic nitrogens is 1. The molecule has 0 aromatic carbocycles. The molecule has 0 unspecified atom stereocenters. The minimum Gasteiger partial charge on any atom is -0.383 e. The van der Waals surface area contributed by atoms with Gasteiger partial charge in [0.15, 0.2) is 0 Å². The predicted molar refractivity (Wildman–Crippen MR) is 71.1 cm³/mol. The number of nitrogens with two attached hydrogens (primary N) is 1. The third-order valence-corrected chi connectivity index (χ3v) is 4.16. The van der Waals surface area contributed by atoms with E-state index in [1.54, 1.807) is 6.20 Å². The molecule has 1 aromatic rings. The van der Waals surface area contributed by atoms with Gasteiger partial charge in [-0.25, -0.2) is 4.98 Å². The molecule has 1 spiro atoms. The molecule has 2 heterocycles. The van der Waals surface area contributed by atoms with E-state index < -0.39 is 0 Å². The molecule has 1 aliphatic heterocycles. The van der Waals surface area contributed by atoms with Crippen molar-refractivity contribution in [1.82, 2.24) is 9.88 Å². The first-order chi connectivity index (χ1) is 8.77. The van der Waals surface area contributed by atoms with Gasteiger partial charge < -0.3 is 10.5 Å². The number of hydrogen-bond donors (Lipinski definition) is 1. The average Bonchev–Trinajstić information content (AvgIpc) is 2.80. The number of rotatable bonds is 2. The highest BCUT2D eigenvalue weighted by molar-refractivity contribution is 5.38. The fourth-order valence-electron chi connectivity index (χ4n) is 3.21. The SMILES string of the molecule is Nc1ncccc1CN1CCOC2(CCCC2)C1. The summed E-state index contributed by atoms with van der Waals surface area (Å²) >= 11 is 0. The Kier molecular flexibility index (Phi) is 3.22. The Morgan fingerprint density at radius 2 is 2.22 bits per heavy atom. The molecule has 0 bridgehead atoms. The molecule has 0 atom stereocenters. The zero-order chi connectivity index (χ0) is 12.4. The molecule has 2 fully saturated rings. The maximum absolute atomic E-state index is 6.04. The fraction of sp³-hybridized carbons (Fsp3) is 0.643. The normalized spacial score (nSPS) is 23.6. The summed E-state index contributed by atoms with van der Waals surface area (Å²) in [5.41, 5.74) is 7.18. The van der Waals surface area contributed by atoms with Gasteiger partial charge in [-0.1, -0.05) is 18.9 Å². The number of ether oxygens (including phenoxy) is 1. The highest BCUT2D eigenvalue weighted by Gasteiger charge is 2.39. The lowest BCUT2D eigenvalue weighted by Crippen LogP contribution is -2.49. The van der Waals surface area contributed by atoms with Gasteiger partial charge in [0.1, 0.15) is 5.82 Å². The highest BCUT2D eigenvalue weighted by atomic mass is 16.5. The number of morpholine rings is 1. The lowest BCUT2D eigenvalue weighted by atomic mass is 9.99. The van der Waals surface area contributed by atoms with E-state index in [1.165, 1.54) is 25.7 Å². The van der Waals surface area contributed by atoms with Crippen molar-refractivity contribution in [2.24, 2.45) is 0 Å². The van der Waals surface area contributed by atoms with Gasteiger partial charge in [-0.15, -0.1) is 0 Å². The van der Waals surface area contributed by atoms with Crippen molar-refractivity contribution in [3.05, 3.63) is 23.9 Å². The van der Waals surface area contributed by atoms with Crippen LogP contribution < -0.4 is 5.73 Å². The van der Waals surface area contributed by atoms with Gasteiger partial charge in [-0.05, 0) is 18.9 Å². The minimum atomic E-state index is 0.134. The number of pyridine rings is 1. The third-order valence-electron chi connectivity index (χ3n) is 4.16. The van der Waals surface area contributed by atoms with Gasteiger partial charge in [0.2, 0.25) is 0 Å². The standard InChI is InChI=1S/C14H21N3O/c15-13-12(4-3-7-16-13)10-17-8-9-18-14(11-17)5-1-2-6-14/h3-4,7H,1-2,5-6,8-11H2,(H2,15,16). The van der Waals surface area contributed by atoms with Crippen LogP contribution in [0.2, 0.25) is 0 Å². The Bertz CT molecular complexity index is 415. The summed E-state index contributed by atoms with van der Waals surface area (Å²) in [6.07, 6.45) is 6.79. The zero-order valence-electron chi connectivity index (χ0n) is 10.8. The number of nitrogen functional groups attached to an aromatic ring is 1. The van der Waals surface area contributed by atoms with Crippen LogP contribution in [0.1, 0.15) is 31.2 Å². The maximum Gasteiger partial charge on any atom is 0.127 e. The highest BCUT2D eigenvalue weighted by Crippen LogP contribution is 2.36. The molecule has 1 saturated carbocycles. The minimum absolute atomic E-state index is 0.134. The summed E-state index contributed by atoms with van der Waals surface area (Å²) in [6.45, 7) is 3.78. The lowest BCUT2D eigenvalue weighted by Gasteiger charge is -2.40. The Morgan fingerprint density at radius 1 is 1.39 bits per heavy atom. The van der Waals surface area contributed by atoms with Gasteiger partial charge in [0.05, 0.1) is 12.2 Å². The second kappa shape index (κ2) is 4.86. The van der Waals surface area contributed by atoms with E-state index in [9.17, 15) is 0 Å². The molecule has 18 heavy (non-hydrogen) atoms. The fourth-order valence-corrected chi connectivity index (χ4v) is 3.21. The summed E-state index contributed by atoms with van der Waals surface area (Å²) in [4.78, 5) is 6.61. The van der Waals surface area contributed by atoms with Crippen molar-refractivity contribution in [2.45, 2.75) is 37.8 Å². The second-order valence-electron chi connectivity index (χ2n) is 5.50. The number of anilines is 1. The van der Waals surface area contributed by atoms with Crippen LogP contribution in [0.4, 0.5) is 5.82 Å². The van der Waals surface area contributed by atoms with Gasteiger partial charge in [-0.3, -0.25) is 4.90 Å². The molecule has 1 aromatic heterocycles. The Balaban J connectivity index is 1.68. The molecule has 1 saturated heterocycles. The van der Waals surface area contributed by atoms with Crippen LogP contribution in [0.5, 0.6) is 0 Å². The van der Waals surface area contributed by atoms with E-state index in [2.05, 4.69) is 16.0 Å². The number of hydrogen-bond acceptors (Lipinski definition) is 4. The molecule has 0 radical (unpaired) electrons. The van der Waals surface area contributed by atoms with Crippen molar-refractivity contribution < 1.29 is 4.74 Å². The topological polar surface area (TPSA) is 51.4 Å². The van der Waals surface area contributed by atoms with E-state index >= 15 is 0 Å². The average molecular weight is 247 g/mol. The predicted octanol–water partition coefficient (Wildman–Crippen LogP) is 1.81. The largest absolute Gasteiger partial charge is 0.383 e. The summed E-state index contributed by atoms with van der Waals surface area (Å²) in [5, 5.41) is 0. The quantitative estimate of drug-likeness (QED) is 0.866. The molecular formula is C14H21N3O. The van der Waals surface area contributed by atoms with Crippen LogP contribution in [0, 0.1) is 0 Å². The van der Waals surface area contributed by atoms with Gasteiger partial charge >= 0.3 is 0 Å². The summed E-state index contributed by atoms with van der Waals surface area (Å²) < 4.78 is 6.04. The first-order valence-corrected chi connectivity index (χ1v) is 6.83. The van der Waals surface area contributed by atoms with E-state index in [-0.39, 0.29) is 5.60 Å².